The number of hydrogen-bond acceptors (Lipinski definition) is 15. The van der Waals surface area contributed by atoms with E-state index < -0.39 is 97.5 Å². The molecule has 0 saturated carbocycles. The molecule has 17 nitrogen and oxygen atoms in total. The van der Waals surface area contributed by atoms with Gasteiger partial charge in [0.05, 0.1) is 26.4 Å². The van der Waals surface area contributed by atoms with Crippen LogP contribution in [0.3, 0.4) is 0 Å². The smallest absolute Gasteiger partial charge is 0.462 e. The van der Waals surface area contributed by atoms with E-state index in [1.807, 2.05) is 24.3 Å². The summed E-state index contributed by atoms with van der Waals surface area (Å²) in [5.74, 6) is -2.32. The van der Waals surface area contributed by atoms with Gasteiger partial charge in [0.15, 0.2) is 12.2 Å². The Kier molecular flexibility index (Phi) is 71.4. The Hall–Kier alpha value is -4.54. The molecule has 0 amide bonds. The van der Waals surface area contributed by atoms with Gasteiger partial charge in [-0.2, -0.15) is 0 Å². The summed E-state index contributed by atoms with van der Waals surface area (Å²) < 4.78 is 68.4. The molecule has 0 aromatic carbocycles. The molecule has 0 saturated heterocycles. The minimum absolute atomic E-state index is 0.00522. The Morgan fingerprint density at radius 2 is 0.490 bits per heavy atom. The second-order valence-electron chi connectivity index (χ2n) is 26.3. The van der Waals surface area contributed by atoms with E-state index in [-0.39, 0.29) is 25.7 Å². The molecule has 2 unspecified atom stereocenters. The monoisotopic (exact) mass is 1470 g/mol. The molecule has 586 valence electrons. The zero-order valence-corrected chi connectivity index (χ0v) is 65.8. The Labute approximate surface area is 619 Å². The zero-order chi connectivity index (χ0) is 74.6. The molecule has 0 aromatic heterocycles. The number of aliphatic hydroxyl groups is 1. The first kappa shape index (κ1) is 97.5. The first-order chi connectivity index (χ1) is 49.7. The predicted molar refractivity (Wildman–Crippen MR) is 418 cm³/mol. The van der Waals surface area contributed by atoms with Crippen molar-refractivity contribution in [3.8, 4) is 0 Å². The average molecular weight is 1470 g/mol. The van der Waals surface area contributed by atoms with E-state index in [9.17, 15) is 43.2 Å². The predicted octanol–water partition coefficient (Wildman–Crippen LogP) is 23.1. The van der Waals surface area contributed by atoms with E-state index in [2.05, 4.69) is 125 Å². The summed E-state index contributed by atoms with van der Waals surface area (Å²) in [5, 5.41) is 10.6. The van der Waals surface area contributed by atoms with Gasteiger partial charge >= 0.3 is 39.5 Å². The highest BCUT2D eigenvalue weighted by molar-refractivity contribution is 7.47. The number of allylic oxidation sites excluding steroid dienone is 20. The fraction of sp³-hybridized carbons (Fsp3) is 0.711. The van der Waals surface area contributed by atoms with Gasteiger partial charge in [0.2, 0.25) is 0 Å². The molecule has 0 spiro atoms. The molecule has 5 atom stereocenters. The minimum atomic E-state index is -5.01. The summed E-state index contributed by atoms with van der Waals surface area (Å²) >= 11 is 0. The van der Waals surface area contributed by atoms with Gasteiger partial charge in [0.1, 0.15) is 19.3 Å². The van der Waals surface area contributed by atoms with E-state index in [1.54, 1.807) is 0 Å². The number of ether oxygens (including phenoxy) is 4. The number of carbonyl (C=O) groups excluding carboxylic acids is 4. The minimum Gasteiger partial charge on any atom is -0.462 e. The van der Waals surface area contributed by atoms with E-state index in [1.165, 1.54) is 103 Å². The normalized spacial score (nSPS) is 14.5. The number of hydrogen-bond donors (Lipinski definition) is 3. The molecule has 19 heteroatoms. The van der Waals surface area contributed by atoms with Gasteiger partial charge in [0, 0.05) is 25.7 Å². The average Bonchev–Trinajstić information content (AvgIpc) is 0.959. The standard InChI is InChI=1S/C83H142O17P2/c1-5-9-13-17-21-25-29-33-36-38-41-45-48-52-56-60-64-68-81(86)94-74-79(100-83(88)70-66-62-58-54-50-46-42-39-37-34-30-26-22-18-14-10-6-2)76-98-102(91,92)96-72-77(84)71-95-101(89,90)97-75-78(99-82(87)69-65-61-57-53-49-43-32-28-24-20-16-12-8-4)73-93-80(85)67-63-59-55-51-47-44-40-35-31-27-23-19-15-11-7-3/h21-22,25-28,31-34,36-37,41-42,45-46,52,54,56,58,77-79,84H,5-20,23-24,29-30,35,38-40,43-44,47-51,53,55,57,59-76H2,1-4H3,(H,89,90)(H,91,92)/b25-21-,26-22-,31-27-,32-28-,36-33-,37-34-,45-41-,46-42-,56-52-,58-54-/t77-,78+,79+/m0/s1. The Morgan fingerprint density at radius 3 is 0.814 bits per heavy atom. The molecule has 0 fully saturated rings. The number of aliphatic hydroxyl groups excluding tert-OH is 1. The SMILES string of the molecule is CCCCC/C=C\C/C=C\C/C=C\C/C=C\CCCC(=O)OC[C@H](COP(=O)(O)OC[C@@H](O)COP(=O)(O)OC[C@@H](COC(=O)CCCCCCCCC/C=C\CCCCCC)OC(=O)CCCCCCC/C=C\CCCCCC)OC(=O)CCC/C=C\C/C=C\C/C=C\C/C=C\CCCCC. The maximum Gasteiger partial charge on any atom is 0.472 e. The van der Waals surface area contributed by atoms with Crippen LogP contribution in [0, 0.1) is 0 Å². The van der Waals surface area contributed by atoms with Gasteiger partial charge in [-0.15, -0.1) is 0 Å². The summed E-state index contributed by atoms with van der Waals surface area (Å²) in [6.07, 6.45) is 81.9. The molecule has 0 aliphatic rings. The van der Waals surface area contributed by atoms with Crippen LogP contribution >= 0.6 is 15.6 Å². The molecule has 0 radical (unpaired) electrons. The quantitative estimate of drug-likeness (QED) is 0.0169. The van der Waals surface area contributed by atoms with Gasteiger partial charge in [-0.25, -0.2) is 9.13 Å². The molecule has 0 aliphatic carbocycles. The van der Waals surface area contributed by atoms with Crippen LogP contribution in [0.4, 0.5) is 0 Å². The highest BCUT2D eigenvalue weighted by atomic mass is 31.2. The summed E-state index contributed by atoms with van der Waals surface area (Å²) in [7, 11) is -9.99. The molecular weight excluding hydrogens is 1330 g/mol. The zero-order valence-electron chi connectivity index (χ0n) is 64.0. The van der Waals surface area contributed by atoms with Gasteiger partial charge in [-0.3, -0.25) is 37.3 Å². The van der Waals surface area contributed by atoms with Crippen molar-refractivity contribution in [2.75, 3.05) is 39.6 Å². The highest BCUT2D eigenvalue weighted by Gasteiger charge is 2.30. The van der Waals surface area contributed by atoms with Crippen molar-refractivity contribution in [2.45, 2.75) is 341 Å². The number of esters is 4. The van der Waals surface area contributed by atoms with Crippen LogP contribution in [0.2, 0.25) is 0 Å². The topological polar surface area (TPSA) is 237 Å². The van der Waals surface area contributed by atoms with Crippen molar-refractivity contribution in [1.82, 2.24) is 0 Å². The van der Waals surface area contributed by atoms with Crippen molar-refractivity contribution in [3.05, 3.63) is 122 Å². The third kappa shape index (κ3) is 73.8. The first-order valence-electron chi connectivity index (χ1n) is 39.8. The lowest BCUT2D eigenvalue weighted by Crippen LogP contribution is -2.30. The number of rotatable bonds is 74. The number of phosphoric acid groups is 2. The fourth-order valence-corrected chi connectivity index (χ4v) is 11.8. The van der Waals surface area contributed by atoms with Crippen molar-refractivity contribution in [3.63, 3.8) is 0 Å². The van der Waals surface area contributed by atoms with Crippen LogP contribution in [0.5, 0.6) is 0 Å². The highest BCUT2D eigenvalue weighted by Crippen LogP contribution is 2.45. The second-order valence-corrected chi connectivity index (χ2v) is 29.2. The lowest BCUT2D eigenvalue weighted by Gasteiger charge is -2.21. The van der Waals surface area contributed by atoms with Gasteiger partial charge in [-0.05, 0) is 154 Å². The van der Waals surface area contributed by atoms with Crippen molar-refractivity contribution < 1.29 is 80.2 Å². The van der Waals surface area contributed by atoms with Gasteiger partial charge < -0.3 is 33.8 Å². The van der Waals surface area contributed by atoms with E-state index in [0.29, 0.717) is 38.5 Å². The Balaban J connectivity index is 5.46. The lowest BCUT2D eigenvalue weighted by atomic mass is 10.1. The number of unbranched alkanes of at least 4 members (excludes halogenated alkanes) is 28. The van der Waals surface area contributed by atoms with Gasteiger partial charge in [-0.1, -0.05) is 265 Å². The molecule has 0 rings (SSSR count). The van der Waals surface area contributed by atoms with Crippen molar-refractivity contribution in [2.24, 2.45) is 0 Å². The molecule has 102 heavy (non-hydrogen) atoms. The Bertz CT molecular complexity index is 2410. The molecule has 3 N–H and O–H groups in total. The van der Waals surface area contributed by atoms with Crippen LogP contribution in [0.15, 0.2) is 122 Å². The third-order valence-corrected chi connectivity index (χ3v) is 18.3. The lowest BCUT2D eigenvalue weighted by molar-refractivity contribution is -0.161. The fourth-order valence-electron chi connectivity index (χ4n) is 10.3. The van der Waals surface area contributed by atoms with Crippen LogP contribution in [-0.4, -0.2) is 96.7 Å². The third-order valence-electron chi connectivity index (χ3n) is 16.4. The molecule has 0 aromatic rings. The largest absolute Gasteiger partial charge is 0.472 e. The van der Waals surface area contributed by atoms with Crippen molar-refractivity contribution in [1.29, 1.82) is 0 Å². The van der Waals surface area contributed by atoms with E-state index in [4.69, 9.17) is 37.0 Å². The van der Waals surface area contributed by atoms with Crippen LogP contribution in [0.25, 0.3) is 0 Å². The maximum atomic E-state index is 13.1. The van der Waals surface area contributed by atoms with Crippen molar-refractivity contribution >= 4 is 39.5 Å². The molecular formula is C83H142O17P2. The summed E-state index contributed by atoms with van der Waals surface area (Å²) in [5.41, 5.74) is 0. The van der Waals surface area contributed by atoms with E-state index in [0.717, 1.165) is 128 Å². The second kappa shape index (κ2) is 74.7. The maximum absolute atomic E-state index is 13.1. The number of carbonyl (C=O) groups is 4. The van der Waals surface area contributed by atoms with E-state index >= 15 is 0 Å². The molecule has 0 aliphatic heterocycles. The van der Waals surface area contributed by atoms with Crippen LogP contribution in [0.1, 0.15) is 323 Å². The Morgan fingerprint density at radius 1 is 0.275 bits per heavy atom. The van der Waals surface area contributed by atoms with Crippen LogP contribution < -0.4 is 0 Å². The summed E-state index contributed by atoms with van der Waals surface area (Å²) in [6, 6.07) is 0. The van der Waals surface area contributed by atoms with Gasteiger partial charge in [0.25, 0.3) is 0 Å². The summed E-state index contributed by atoms with van der Waals surface area (Å²) in [6.45, 7) is 4.66. The molecule has 0 bridgehead atoms. The van der Waals surface area contributed by atoms with Crippen LogP contribution in [-0.2, 0) is 65.4 Å². The first-order valence-corrected chi connectivity index (χ1v) is 42.8. The molecule has 0 heterocycles. The summed E-state index contributed by atoms with van der Waals surface area (Å²) in [4.78, 5) is 72.9. The number of phosphoric ester groups is 2.